The van der Waals surface area contributed by atoms with E-state index in [9.17, 15) is 4.79 Å². The van der Waals surface area contributed by atoms with Gasteiger partial charge in [-0.2, -0.15) is 0 Å². The van der Waals surface area contributed by atoms with Crippen molar-refractivity contribution in [3.63, 3.8) is 0 Å². The lowest BCUT2D eigenvalue weighted by Crippen LogP contribution is -2.44. The van der Waals surface area contributed by atoms with Crippen LogP contribution in [0, 0.1) is 0 Å². The van der Waals surface area contributed by atoms with E-state index < -0.39 is 0 Å². The molecule has 1 aromatic heterocycles. The molecule has 0 radical (unpaired) electrons. The Labute approximate surface area is 173 Å². The molecule has 6 heteroatoms. The van der Waals surface area contributed by atoms with Gasteiger partial charge in [0, 0.05) is 38.9 Å². The SMILES string of the molecule is CN1CCN(c2ccc([C@@H]3CCCCN3C(=O)OCc3ccccc3)cn2)CC1. The average molecular weight is 395 g/mol. The molecule has 0 unspecified atom stereocenters. The van der Waals surface area contributed by atoms with Crippen LogP contribution in [-0.2, 0) is 11.3 Å². The standard InChI is InChI=1S/C23H30N4O2/c1-25-13-15-26(16-14-25)22-11-10-20(17-24-22)21-9-5-6-12-27(21)23(28)29-18-19-7-3-2-4-8-19/h2-4,7-8,10-11,17,21H,5-6,9,12-16,18H2,1H3/t21-/m0/s1. The molecule has 0 N–H and O–H groups in total. The molecule has 6 nitrogen and oxygen atoms in total. The summed E-state index contributed by atoms with van der Waals surface area (Å²) in [7, 11) is 2.16. The normalized spacial score (nSPS) is 20.5. The summed E-state index contributed by atoms with van der Waals surface area (Å²) in [6, 6.07) is 14.1. The first-order chi connectivity index (χ1) is 14.2. The number of amides is 1. The summed E-state index contributed by atoms with van der Waals surface area (Å²) in [6.45, 7) is 5.18. The first-order valence-corrected chi connectivity index (χ1v) is 10.6. The van der Waals surface area contributed by atoms with Gasteiger partial charge in [0.25, 0.3) is 0 Å². The zero-order valence-electron chi connectivity index (χ0n) is 17.2. The van der Waals surface area contributed by atoms with E-state index in [0.29, 0.717) is 6.61 Å². The van der Waals surface area contributed by atoms with Gasteiger partial charge in [-0.15, -0.1) is 0 Å². The zero-order valence-corrected chi connectivity index (χ0v) is 17.2. The number of piperidine rings is 1. The average Bonchev–Trinajstić information content (AvgIpc) is 2.79. The number of piperazine rings is 1. The molecule has 2 aromatic rings. The third kappa shape index (κ3) is 4.88. The molecule has 0 aliphatic carbocycles. The molecule has 3 heterocycles. The van der Waals surface area contributed by atoms with Gasteiger partial charge in [-0.25, -0.2) is 9.78 Å². The smallest absolute Gasteiger partial charge is 0.410 e. The summed E-state index contributed by atoms with van der Waals surface area (Å²) in [5.41, 5.74) is 2.10. The number of rotatable bonds is 4. The molecule has 4 rings (SSSR count). The van der Waals surface area contributed by atoms with E-state index in [1.165, 1.54) is 0 Å². The van der Waals surface area contributed by atoms with Crippen LogP contribution in [-0.4, -0.2) is 60.6 Å². The van der Waals surface area contributed by atoms with Crippen molar-refractivity contribution in [3.05, 3.63) is 59.8 Å². The quantitative estimate of drug-likeness (QED) is 0.791. The van der Waals surface area contributed by atoms with Crippen molar-refractivity contribution in [2.45, 2.75) is 31.9 Å². The maximum absolute atomic E-state index is 12.8. The van der Waals surface area contributed by atoms with E-state index in [1.54, 1.807) is 0 Å². The van der Waals surface area contributed by atoms with Gasteiger partial charge in [0.05, 0.1) is 6.04 Å². The highest BCUT2D eigenvalue weighted by atomic mass is 16.6. The van der Waals surface area contributed by atoms with Crippen LogP contribution in [0.1, 0.15) is 36.4 Å². The van der Waals surface area contributed by atoms with Crippen molar-refractivity contribution >= 4 is 11.9 Å². The van der Waals surface area contributed by atoms with Crippen molar-refractivity contribution in [2.24, 2.45) is 0 Å². The summed E-state index contributed by atoms with van der Waals surface area (Å²) in [4.78, 5) is 24.0. The maximum atomic E-state index is 12.8. The van der Waals surface area contributed by atoms with E-state index in [4.69, 9.17) is 9.72 Å². The van der Waals surface area contributed by atoms with Gasteiger partial charge in [0.15, 0.2) is 0 Å². The van der Waals surface area contributed by atoms with Gasteiger partial charge < -0.3 is 19.4 Å². The number of likely N-dealkylation sites (tertiary alicyclic amines) is 1. The Morgan fingerprint density at radius 3 is 2.55 bits per heavy atom. The van der Waals surface area contributed by atoms with Crippen LogP contribution in [0.25, 0.3) is 0 Å². The van der Waals surface area contributed by atoms with Gasteiger partial charge in [0.2, 0.25) is 0 Å². The number of likely N-dealkylation sites (N-methyl/N-ethyl adjacent to an activating group) is 1. The summed E-state index contributed by atoms with van der Waals surface area (Å²) in [6.07, 6.45) is 4.80. The predicted octanol–water partition coefficient (Wildman–Crippen LogP) is 3.70. The lowest BCUT2D eigenvalue weighted by Gasteiger charge is -2.36. The molecule has 29 heavy (non-hydrogen) atoms. The van der Waals surface area contributed by atoms with Gasteiger partial charge in [-0.1, -0.05) is 36.4 Å². The summed E-state index contributed by atoms with van der Waals surface area (Å²) in [5, 5.41) is 0. The molecule has 154 valence electrons. The Bertz CT molecular complexity index is 788. The highest BCUT2D eigenvalue weighted by Gasteiger charge is 2.29. The number of anilines is 1. The van der Waals surface area contributed by atoms with Gasteiger partial charge in [-0.3, -0.25) is 0 Å². The molecule has 0 saturated carbocycles. The summed E-state index contributed by atoms with van der Waals surface area (Å²) < 4.78 is 5.60. The van der Waals surface area contributed by atoms with Crippen LogP contribution < -0.4 is 4.90 Å². The van der Waals surface area contributed by atoms with Gasteiger partial charge in [0.1, 0.15) is 12.4 Å². The number of hydrogen-bond donors (Lipinski definition) is 0. The molecule has 0 spiro atoms. The van der Waals surface area contributed by atoms with Crippen molar-refractivity contribution in [1.29, 1.82) is 0 Å². The molecule has 1 aromatic carbocycles. The molecule has 2 saturated heterocycles. The van der Waals surface area contributed by atoms with E-state index in [1.807, 2.05) is 41.4 Å². The molecule has 1 amide bonds. The zero-order chi connectivity index (χ0) is 20.1. The number of ether oxygens (including phenoxy) is 1. The van der Waals surface area contributed by atoms with E-state index in [2.05, 4.69) is 29.0 Å². The molecule has 0 bridgehead atoms. The van der Waals surface area contributed by atoms with Crippen molar-refractivity contribution in [2.75, 3.05) is 44.7 Å². The molecule has 1 atom stereocenters. The van der Waals surface area contributed by atoms with Crippen molar-refractivity contribution < 1.29 is 9.53 Å². The van der Waals surface area contributed by atoms with Crippen LogP contribution in [0.2, 0.25) is 0 Å². The second-order valence-corrected chi connectivity index (χ2v) is 7.99. The Morgan fingerprint density at radius 2 is 1.83 bits per heavy atom. The van der Waals surface area contributed by atoms with E-state index in [-0.39, 0.29) is 12.1 Å². The van der Waals surface area contributed by atoms with Crippen LogP contribution in [0.5, 0.6) is 0 Å². The summed E-state index contributed by atoms with van der Waals surface area (Å²) >= 11 is 0. The van der Waals surface area contributed by atoms with Gasteiger partial charge >= 0.3 is 6.09 Å². The topological polar surface area (TPSA) is 48.9 Å². The number of benzene rings is 1. The minimum Gasteiger partial charge on any atom is -0.445 e. The Hall–Kier alpha value is -2.60. The largest absolute Gasteiger partial charge is 0.445 e. The predicted molar refractivity (Wildman–Crippen MR) is 114 cm³/mol. The number of nitrogens with zero attached hydrogens (tertiary/aromatic N) is 4. The van der Waals surface area contributed by atoms with Crippen LogP contribution >= 0.6 is 0 Å². The highest BCUT2D eigenvalue weighted by Crippen LogP contribution is 2.32. The number of carbonyl (C=O) groups is 1. The van der Waals surface area contributed by atoms with Crippen LogP contribution in [0.15, 0.2) is 48.7 Å². The molecule has 2 fully saturated rings. The van der Waals surface area contributed by atoms with E-state index >= 15 is 0 Å². The van der Waals surface area contributed by atoms with Crippen LogP contribution in [0.3, 0.4) is 0 Å². The molecular weight excluding hydrogens is 364 g/mol. The fourth-order valence-electron chi connectivity index (χ4n) is 4.12. The molecule has 2 aliphatic rings. The summed E-state index contributed by atoms with van der Waals surface area (Å²) in [5.74, 6) is 1.02. The second kappa shape index (κ2) is 9.27. The Morgan fingerprint density at radius 1 is 1.03 bits per heavy atom. The van der Waals surface area contributed by atoms with Gasteiger partial charge in [-0.05, 0) is 43.5 Å². The molecule has 2 aliphatic heterocycles. The van der Waals surface area contributed by atoms with Crippen molar-refractivity contribution in [1.82, 2.24) is 14.8 Å². The third-order valence-corrected chi connectivity index (χ3v) is 5.93. The Balaban J connectivity index is 1.40. The number of pyridine rings is 1. The highest BCUT2D eigenvalue weighted by molar-refractivity contribution is 5.68. The minimum absolute atomic E-state index is 0.0427. The fourth-order valence-corrected chi connectivity index (χ4v) is 4.12. The first kappa shape index (κ1) is 19.7. The van der Waals surface area contributed by atoms with Crippen LogP contribution in [0.4, 0.5) is 10.6 Å². The minimum atomic E-state index is -0.235. The lowest BCUT2D eigenvalue weighted by molar-refractivity contribution is 0.0678. The fraction of sp³-hybridized carbons (Fsp3) is 0.478. The van der Waals surface area contributed by atoms with E-state index in [0.717, 1.165) is 68.9 Å². The number of hydrogen-bond acceptors (Lipinski definition) is 5. The van der Waals surface area contributed by atoms with Crippen molar-refractivity contribution in [3.8, 4) is 0 Å². The number of carbonyl (C=O) groups excluding carboxylic acids is 1. The first-order valence-electron chi connectivity index (χ1n) is 10.6. The maximum Gasteiger partial charge on any atom is 0.410 e. The second-order valence-electron chi connectivity index (χ2n) is 7.99. The Kier molecular flexibility index (Phi) is 6.30. The third-order valence-electron chi connectivity index (χ3n) is 5.93. The number of aromatic nitrogens is 1. The monoisotopic (exact) mass is 394 g/mol. The lowest BCUT2D eigenvalue weighted by atomic mass is 9.97. The molecular formula is C23H30N4O2.